The number of imidazole rings is 1. The number of hydrogen-bond acceptors (Lipinski definition) is 3. The second-order valence-electron chi connectivity index (χ2n) is 6.38. The summed E-state index contributed by atoms with van der Waals surface area (Å²) in [5.41, 5.74) is 2.28. The first-order chi connectivity index (χ1) is 13.1. The van der Waals surface area contributed by atoms with Crippen molar-refractivity contribution in [1.29, 1.82) is 0 Å². The van der Waals surface area contributed by atoms with Crippen molar-refractivity contribution in [2.24, 2.45) is 0 Å². The topological polar surface area (TPSA) is 41.4 Å². The smallest absolute Gasteiger partial charge is 0.272 e. The average Bonchev–Trinajstić information content (AvgIpc) is 3.18. The highest BCUT2D eigenvalue weighted by Crippen LogP contribution is 2.20. The molecule has 0 radical (unpaired) electrons. The molecule has 7 heteroatoms. The highest BCUT2D eigenvalue weighted by molar-refractivity contribution is 6.30. The van der Waals surface area contributed by atoms with Crippen molar-refractivity contribution in [3.63, 3.8) is 0 Å². The Morgan fingerprint density at radius 3 is 2.22 bits per heavy atom. The van der Waals surface area contributed by atoms with E-state index in [9.17, 15) is 9.18 Å². The zero-order valence-electron chi connectivity index (χ0n) is 14.6. The van der Waals surface area contributed by atoms with E-state index in [2.05, 4.69) is 9.88 Å². The lowest BCUT2D eigenvalue weighted by molar-refractivity contribution is 0.0738. The summed E-state index contributed by atoms with van der Waals surface area (Å²) < 4.78 is 14.9. The van der Waals surface area contributed by atoms with Crippen LogP contribution in [0.15, 0.2) is 61.1 Å². The molecule has 0 aliphatic carbocycles. The second kappa shape index (κ2) is 7.40. The lowest BCUT2D eigenvalue weighted by Gasteiger charge is -2.36. The fraction of sp³-hybridized carbons (Fsp3) is 0.200. The minimum absolute atomic E-state index is 0.0763. The number of amides is 1. The summed E-state index contributed by atoms with van der Waals surface area (Å²) in [6.07, 6.45) is 3.13. The van der Waals surface area contributed by atoms with Gasteiger partial charge in [-0.1, -0.05) is 11.6 Å². The van der Waals surface area contributed by atoms with E-state index in [1.54, 1.807) is 29.2 Å². The van der Waals surface area contributed by atoms with Crippen LogP contribution in [0.4, 0.5) is 10.1 Å². The summed E-state index contributed by atoms with van der Waals surface area (Å²) >= 11 is 5.95. The lowest BCUT2D eigenvalue weighted by atomic mass is 10.2. The van der Waals surface area contributed by atoms with Gasteiger partial charge in [-0.25, -0.2) is 9.37 Å². The highest BCUT2D eigenvalue weighted by Gasteiger charge is 2.25. The molecule has 1 aliphatic heterocycles. The fourth-order valence-electron chi connectivity index (χ4n) is 3.24. The summed E-state index contributed by atoms with van der Waals surface area (Å²) in [6, 6.07) is 13.7. The molecule has 0 atom stereocenters. The van der Waals surface area contributed by atoms with Crippen molar-refractivity contribution in [3.8, 4) is 5.69 Å². The molecule has 0 N–H and O–H groups in total. The van der Waals surface area contributed by atoms with Gasteiger partial charge in [-0.3, -0.25) is 9.36 Å². The van der Waals surface area contributed by atoms with Crippen LogP contribution < -0.4 is 4.90 Å². The molecule has 0 unspecified atom stereocenters. The Kier molecular flexibility index (Phi) is 4.81. The van der Waals surface area contributed by atoms with E-state index in [0.29, 0.717) is 29.5 Å². The Hall–Kier alpha value is -2.86. The molecule has 3 aromatic rings. The molecule has 5 nitrogen and oxygen atoms in total. The standard InChI is InChI=1S/C20H18ClFN4O/c21-15-1-5-17(6-2-15)24-9-11-25(12-10-24)20(27)19-13-23-14-26(19)18-7-3-16(22)4-8-18/h1-8,13-14H,9-12H2. The van der Waals surface area contributed by atoms with Crippen molar-refractivity contribution in [1.82, 2.24) is 14.5 Å². The Balaban J connectivity index is 1.46. The predicted molar refractivity (Wildman–Crippen MR) is 103 cm³/mol. The molecular weight excluding hydrogens is 367 g/mol. The molecule has 2 heterocycles. The molecular formula is C20H18ClFN4O. The minimum atomic E-state index is -0.315. The van der Waals surface area contributed by atoms with Gasteiger partial charge in [-0.05, 0) is 48.5 Å². The fourth-order valence-corrected chi connectivity index (χ4v) is 3.37. The van der Waals surface area contributed by atoms with Crippen LogP contribution >= 0.6 is 11.6 Å². The van der Waals surface area contributed by atoms with Crippen molar-refractivity contribution in [2.75, 3.05) is 31.1 Å². The van der Waals surface area contributed by atoms with E-state index in [1.807, 2.05) is 29.2 Å². The Labute approximate surface area is 161 Å². The average molecular weight is 385 g/mol. The lowest BCUT2D eigenvalue weighted by Crippen LogP contribution is -2.49. The third kappa shape index (κ3) is 3.66. The van der Waals surface area contributed by atoms with Crippen LogP contribution in [0.3, 0.4) is 0 Å². The maximum atomic E-state index is 13.2. The van der Waals surface area contributed by atoms with Gasteiger partial charge in [-0.2, -0.15) is 0 Å². The minimum Gasteiger partial charge on any atom is -0.368 e. The van der Waals surface area contributed by atoms with E-state index in [1.165, 1.54) is 12.1 Å². The number of hydrogen-bond donors (Lipinski definition) is 0. The first-order valence-electron chi connectivity index (χ1n) is 8.70. The number of benzene rings is 2. The number of rotatable bonds is 3. The summed E-state index contributed by atoms with van der Waals surface area (Å²) in [4.78, 5) is 21.1. The Morgan fingerprint density at radius 1 is 0.926 bits per heavy atom. The Morgan fingerprint density at radius 2 is 1.56 bits per heavy atom. The van der Waals surface area contributed by atoms with Gasteiger partial charge in [0.05, 0.1) is 12.5 Å². The molecule has 1 aromatic heterocycles. The predicted octanol–water partition coefficient (Wildman–Crippen LogP) is 3.63. The number of anilines is 1. The molecule has 1 saturated heterocycles. The van der Waals surface area contributed by atoms with Crippen molar-refractivity contribution in [2.45, 2.75) is 0 Å². The van der Waals surface area contributed by atoms with Crippen LogP contribution in [-0.4, -0.2) is 46.5 Å². The van der Waals surface area contributed by atoms with Gasteiger partial charge in [0.25, 0.3) is 5.91 Å². The molecule has 27 heavy (non-hydrogen) atoms. The largest absolute Gasteiger partial charge is 0.368 e. The number of carbonyl (C=O) groups excluding carboxylic acids is 1. The van der Waals surface area contributed by atoms with Crippen molar-refractivity contribution >= 4 is 23.2 Å². The van der Waals surface area contributed by atoms with E-state index in [0.717, 1.165) is 18.8 Å². The molecule has 138 valence electrons. The molecule has 2 aromatic carbocycles. The molecule has 1 amide bonds. The van der Waals surface area contributed by atoms with Crippen LogP contribution in [-0.2, 0) is 0 Å². The van der Waals surface area contributed by atoms with Gasteiger partial charge in [0.1, 0.15) is 11.5 Å². The van der Waals surface area contributed by atoms with Crippen molar-refractivity contribution < 1.29 is 9.18 Å². The quantitative estimate of drug-likeness (QED) is 0.692. The van der Waals surface area contributed by atoms with Gasteiger partial charge in [0, 0.05) is 42.6 Å². The SMILES string of the molecule is O=C(c1cncn1-c1ccc(F)cc1)N1CCN(c2ccc(Cl)cc2)CC1. The molecule has 1 fully saturated rings. The van der Waals surface area contributed by atoms with Crippen LogP contribution in [0.2, 0.25) is 5.02 Å². The van der Waals surface area contributed by atoms with Crippen LogP contribution in [0, 0.1) is 5.82 Å². The third-order valence-electron chi connectivity index (χ3n) is 4.72. The van der Waals surface area contributed by atoms with Gasteiger partial charge < -0.3 is 9.80 Å². The van der Waals surface area contributed by atoms with E-state index >= 15 is 0 Å². The summed E-state index contributed by atoms with van der Waals surface area (Å²) in [5.74, 6) is -0.391. The summed E-state index contributed by atoms with van der Waals surface area (Å²) in [7, 11) is 0. The first-order valence-corrected chi connectivity index (χ1v) is 9.08. The van der Waals surface area contributed by atoms with E-state index in [-0.39, 0.29) is 11.7 Å². The Bertz CT molecular complexity index is 931. The van der Waals surface area contributed by atoms with E-state index < -0.39 is 0 Å². The zero-order chi connectivity index (χ0) is 18.8. The van der Waals surface area contributed by atoms with Crippen LogP contribution in [0.5, 0.6) is 0 Å². The summed E-state index contributed by atoms with van der Waals surface area (Å²) in [6.45, 7) is 2.74. The molecule has 4 rings (SSSR count). The van der Waals surface area contributed by atoms with Gasteiger partial charge in [0.2, 0.25) is 0 Å². The third-order valence-corrected chi connectivity index (χ3v) is 4.97. The normalized spacial score (nSPS) is 14.4. The molecule has 0 bridgehead atoms. The number of nitrogens with zero attached hydrogens (tertiary/aromatic N) is 4. The van der Waals surface area contributed by atoms with E-state index in [4.69, 9.17) is 11.6 Å². The molecule has 0 saturated carbocycles. The highest BCUT2D eigenvalue weighted by atomic mass is 35.5. The maximum absolute atomic E-state index is 13.2. The number of halogens is 2. The number of carbonyl (C=O) groups is 1. The number of piperazine rings is 1. The van der Waals surface area contributed by atoms with Gasteiger partial charge >= 0.3 is 0 Å². The summed E-state index contributed by atoms with van der Waals surface area (Å²) in [5, 5.41) is 0.710. The number of aromatic nitrogens is 2. The van der Waals surface area contributed by atoms with Crippen LogP contribution in [0.25, 0.3) is 5.69 Å². The van der Waals surface area contributed by atoms with Gasteiger partial charge in [0.15, 0.2) is 0 Å². The van der Waals surface area contributed by atoms with Crippen LogP contribution in [0.1, 0.15) is 10.5 Å². The van der Waals surface area contributed by atoms with Gasteiger partial charge in [-0.15, -0.1) is 0 Å². The molecule has 1 aliphatic rings. The second-order valence-corrected chi connectivity index (χ2v) is 6.82. The van der Waals surface area contributed by atoms with Crippen molar-refractivity contribution in [3.05, 3.63) is 77.6 Å². The molecule has 0 spiro atoms. The zero-order valence-corrected chi connectivity index (χ0v) is 15.3. The monoisotopic (exact) mass is 384 g/mol. The first kappa shape index (κ1) is 17.5. The maximum Gasteiger partial charge on any atom is 0.272 e.